The Hall–Kier alpha value is -1.67. The Morgan fingerprint density at radius 2 is 1.37 bits per heavy atom. The molecule has 1 fully saturated rings. The van der Waals surface area contributed by atoms with E-state index in [0.29, 0.717) is 0 Å². The molecule has 1 nitrogen and oxygen atoms in total. The summed E-state index contributed by atoms with van der Waals surface area (Å²) in [7, 11) is 2.04. The second-order valence-corrected chi connectivity index (χ2v) is 7.68. The molecule has 0 amide bonds. The van der Waals surface area contributed by atoms with Crippen LogP contribution in [0.1, 0.15) is 94.6 Å². The summed E-state index contributed by atoms with van der Waals surface area (Å²) in [5.74, 6) is 4.82. The first kappa shape index (κ1) is 46.6. The van der Waals surface area contributed by atoms with E-state index in [1.165, 1.54) is 35.6 Å². The molecular formula is C33H65NS. The first-order chi connectivity index (χ1) is 17.0. The van der Waals surface area contributed by atoms with Crippen LogP contribution in [0.25, 0.3) is 0 Å². The van der Waals surface area contributed by atoms with Crippen LogP contribution in [0.4, 0.5) is 5.69 Å². The number of benzene rings is 1. The van der Waals surface area contributed by atoms with Crippen LogP contribution < -0.4 is 4.90 Å². The van der Waals surface area contributed by atoms with Crippen LogP contribution in [0.2, 0.25) is 0 Å². The zero-order valence-corrected chi connectivity index (χ0v) is 27.2. The van der Waals surface area contributed by atoms with Crippen LogP contribution in [0, 0.1) is 18.8 Å². The average molecular weight is 508 g/mol. The summed E-state index contributed by atoms with van der Waals surface area (Å²) < 4.78 is 0. The number of rotatable bonds is 4. The molecule has 0 aliphatic carbocycles. The average Bonchev–Trinajstić information content (AvgIpc) is 2.96. The van der Waals surface area contributed by atoms with E-state index >= 15 is 0 Å². The lowest BCUT2D eigenvalue weighted by atomic mass is 9.90. The standard InChI is InChI=1S/C13H17N.C8H16S.4C2H6.2C2H4/c1-5-11(2)10-14(4)13-8-6-12(3)7-9-13;1-3-8-4-5-9-6-7(8)2;6*1-2/h5-10H,1H2,2-4H3;7-8H,3-6H2,1-2H3;4*1-2H3;2*1-2H2/b11-10-;;;;;;;/t;7-,8?;;;;;;/m.0....../s1. The van der Waals surface area contributed by atoms with Crippen molar-refractivity contribution in [2.45, 2.75) is 95.9 Å². The second kappa shape index (κ2) is 42.5. The Bertz CT molecular complexity index is 516. The highest BCUT2D eigenvalue weighted by molar-refractivity contribution is 7.99. The van der Waals surface area contributed by atoms with E-state index in [0.717, 1.165) is 17.4 Å². The molecule has 0 N–H and O–H groups in total. The van der Waals surface area contributed by atoms with E-state index in [4.69, 9.17) is 0 Å². The van der Waals surface area contributed by atoms with E-state index in [9.17, 15) is 0 Å². The number of aryl methyl sites for hydroxylation is 1. The number of thioether (sulfide) groups is 1. The van der Waals surface area contributed by atoms with Crippen molar-refractivity contribution in [2.75, 3.05) is 23.5 Å². The van der Waals surface area contributed by atoms with Crippen LogP contribution >= 0.6 is 11.8 Å². The van der Waals surface area contributed by atoms with Crippen molar-refractivity contribution in [1.29, 1.82) is 0 Å². The zero-order valence-electron chi connectivity index (χ0n) is 26.3. The molecule has 1 heterocycles. The minimum Gasteiger partial charge on any atom is -0.351 e. The van der Waals surface area contributed by atoms with Gasteiger partial charge < -0.3 is 4.90 Å². The maximum atomic E-state index is 3.73. The van der Waals surface area contributed by atoms with Gasteiger partial charge in [0.2, 0.25) is 0 Å². The van der Waals surface area contributed by atoms with E-state index in [2.05, 4.69) is 101 Å². The van der Waals surface area contributed by atoms with E-state index in [-0.39, 0.29) is 0 Å². The third-order valence-corrected chi connectivity index (χ3v) is 5.79. The molecule has 1 aromatic rings. The fraction of sp³-hybridized carbons (Fsp3) is 0.576. The van der Waals surface area contributed by atoms with Gasteiger partial charge in [0, 0.05) is 18.9 Å². The Kier molecular flexibility index (Phi) is 56.6. The second-order valence-electron chi connectivity index (χ2n) is 6.53. The Morgan fingerprint density at radius 3 is 1.69 bits per heavy atom. The van der Waals surface area contributed by atoms with Crippen molar-refractivity contribution in [3.63, 3.8) is 0 Å². The van der Waals surface area contributed by atoms with Gasteiger partial charge in [-0.05, 0) is 61.3 Å². The molecule has 0 radical (unpaired) electrons. The first-order valence-corrected chi connectivity index (χ1v) is 14.8. The zero-order chi connectivity index (χ0) is 29.2. The lowest BCUT2D eigenvalue weighted by Gasteiger charge is -2.26. The summed E-state index contributed by atoms with van der Waals surface area (Å²) in [5, 5.41) is 0. The summed E-state index contributed by atoms with van der Waals surface area (Å²) in [6.45, 7) is 40.6. The van der Waals surface area contributed by atoms with Gasteiger partial charge in [0.05, 0.1) is 0 Å². The minimum atomic E-state index is 0.980. The largest absolute Gasteiger partial charge is 0.351 e. The van der Waals surface area contributed by atoms with Gasteiger partial charge in [-0.25, -0.2) is 0 Å². The minimum absolute atomic E-state index is 0.980. The molecule has 1 unspecified atom stereocenters. The van der Waals surface area contributed by atoms with Crippen LogP contribution in [0.15, 0.2) is 75.0 Å². The maximum absolute atomic E-state index is 3.73. The van der Waals surface area contributed by atoms with Crippen molar-refractivity contribution in [3.05, 3.63) is 80.6 Å². The van der Waals surface area contributed by atoms with Gasteiger partial charge in [-0.2, -0.15) is 11.8 Å². The Labute approximate surface area is 228 Å². The Morgan fingerprint density at radius 1 is 0.943 bits per heavy atom. The summed E-state index contributed by atoms with van der Waals surface area (Å²) in [5.41, 5.74) is 3.64. The number of nitrogens with zero attached hydrogens (tertiary/aromatic N) is 1. The van der Waals surface area contributed by atoms with Crippen molar-refractivity contribution in [3.8, 4) is 0 Å². The van der Waals surface area contributed by atoms with E-state index in [1.54, 1.807) is 0 Å². The molecule has 1 aliphatic heterocycles. The third-order valence-electron chi connectivity index (χ3n) is 4.50. The highest BCUT2D eigenvalue weighted by Gasteiger charge is 2.18. The molecule has 2 heteroatoms. The fourth-order valence-corrected chi connectivity index (χ4v) is 4.02. The molecule has 0 bridgehead atoms. The number of hydrogen-bond acceptors (Lipinski definition) is 2. The fourth-order valence-electron chi connectivity index (χ4n) is 2.74. The molecule has 2 rings (SSSR count). The molecule has 1 saturated heterocycles. The highest BCUT2D eigenvalue weighted by Crippen LogP contribution is 2.29. The molecule has 0 spiro atoms. The van der Waals surface area contributed by atoms with Crippen molar-refractivity contribution in [1.82, 2.24) is 0 Å². The van der Waals surface area contributed by atoms with Gasteiger partial charge in [-0.1, -0.05) is 106 Å². The monoisotopic (exact) mass is 507 g/mol. The smallest absolute Gasteiger partial charge is 0.0403 e. The first-order valence-electron chi connectivity index (χ1n) is 13.7. The van der Waals surface area contributed by atoms with Gasteiger partial charge in [-0.3, -0.25) is 0 Å². The third kappa shape index (κ3) is 30.3. The van der Waals surface area contributed by atoms with Crippen LogP contribution in [-0.4, -0.2) is 18.6 Å². The molecule has 35 heavy (non-hydrogen) atoms. The Balaban J connectivity index is -0.0000000866. The van der Waals surface area contributed by atoms with Gasteiger partial charge in [0.25, 0.3) is 0 Å². The molecular weight excluding hydrogens is 442 g/mol. The summed E-state index contributed by atoms with van der Waals surface area (Å²) in [6.07, 6.45) is 6.77. The number of anilines is 1. The molecule has 2 atom stereocenters. The van der Waals surface area contributed by atoms with E-state index in [1.807, 2.05) is 75.4 Å². The lowest BCUT2D eigenvalue weighted by Crippen LogP contribution is -2.18. The van der Waals surface area contributed by atoms with Crippen LogP contribution in [-0.2, 0) is 0 Å². The lowest BCUT2D eigenvalue weighted by molar-refractivity contribution is 0.360. The quantitative estimate of drug-likeness (QED) is 0.294. The summed E-state index contributed by atoms with van der Waals surface area (Å²) in [4.78, 5) is 2.09. The van der Waals surface area contributed by atoms with Crippen molar-refractivity contribution in [2.24, 2.45) is 11.8 Å². The van der Waals surface area contributed by atoms with Crippen LogP contribution in [0.3, 0.4) is 0 Å². The maximum Gasteiger partial charge on any atom is 0.0403 e. The van der Waals surface area contributed by atoms with E-state index < -0.39 is 0 Å². The summed E-state index contributed by atoms with van der Waals surface area (Å²) >= 11 is 2.12. The van der Waals surface area contributed by atoms with Gasteiger partial charge in [-0.15, -0.1) is 26.3 Å². The topological polar surface area (TPSA) is 3.24 Å². The molecule has 0 saturated carbocycles. The number of allylic oxidation sites excluding steroid dienone is 2. The van der Waals surface area contributed by atoms with Crippen molar-refractivity contribution < 1.29 is 0 Å². The summed E-state index contributed by atoms with van der Waals surface area (Å²) in [6, 6.07) is 8.45. The van der Waals surface area contributed by atoms with Gasteiger partial charge in [0.15, 0.2) is 0 Å². The predicted octanol–water partition coefficient (Wildman–Crippen LogP) is 12.0. The SMILES string of the molecule is C=C.C=C.C=C/C(C)=C\N(C)c1ccc(C)cc1.CC.CC.CC.CC.CCC1CCSC[C@@H]1C. The van der Waals surface area contributed by atoms with Crippen molar-refractivity contribution >= 4 is 17.4 Å². The normalized spacial score (nSPS) is 14.8. The molecule has 1 aromatic carbocycles. The van der Waals surface area contributed by atoms with Gasteiger partial charge >= 0.3 is 0 Å². The number of hydrogen-bond donors (Lipinski definition) is 0. The highest BCUT2D eigenvalue weighted by atomic mass is 32.2. The molecule has 1 aliphatic rings. The predicted molar refractivity (Wildman–Crippen MR) is 176 cm³/mol. The van der Waals surface area contributed by atoms with Crippen LogP contribution in [0.5, 0.6) is 0 Å². The molecule has 208 valence electrons. The van der Waals surface area contributed by atoms with Gasteiger partial charge in [0.1, 0.15) is 0 Å². The molecule has 0 aromatic heterocycles.